The number of amides is 1. The summed E-state index contributed by atoms with van der Waals surface area (Å²) in [5.74, 6) is -0.401. The number of pyridine rings is 1. The van der Waals surface area contributed by atoms with Crippen LogP contribution < -0.4 is 10.1 Å². The first-order valence-corrected chi connectivity index (χ1v) is 8.33. The van der Waals surface area contributed by atoms with Gasteiger partial charge >= 0.3 is 5.97 Å². The molecule has 1 N–H and O–H groups in total. The second-order valence-electron chi connectivity index (χ2n) is 5.41. The Bertz CT molecular complexity index is 977. The lowest BCUT2D eigenvalue weighted by Crippen LogP contribution is -2.16. The van der Waals surface area contributed by atoms with Crippen molar-refractivity contribution in [3.63, 3.8) is 0 Å². The Balaban J connectivity index is 1.90. The predicted octanol–water partition coefficient (Wildman–Crippen LogP) is 4.57. The van der Waals surface area contributed by atoms with Crippen molar-refractivity contribution < 1.29 is 19.1 Å². The second kappa shape index (κ2) is 8.33. The summed E-state index contributed by atoms with van der Waals surface area (Å²) in [5, 5.41) is 3.03. The number of anilines is 1. The lowest BCUT2D eigenvalue weighted by atomic mass is 10.1. The number of nitrogens with one attached hydrogen (secondary N) is 1. The van der Waals surface area contributed by atoms with E-state index in [4.69, 9.17) is 21.1 Å². The van der Waals surface area contributed by atoms with Crippen molar-refractivity contribution in [1.82, 2.24) is 4.98 Å². The molecule has 0 fully saturated rings. The van der Waals surface area contributed by atoms with E-state index >= 15 is 0 Å². The highest BCUT2D eigenvalue weighted by Crippen LogP contribution is 2.26. The SMILES string of the molecule is COC(=O)c1ccc(Cl)cc1NC(=O)c1cccnc1Oc1ccccc1. The molecule has 0 aliphatic carbocycles. The Hall–Kier alpha value is -3.38. The average Bonchev–Trinajstić information content (AvgIpc) is 2.69. The van der Waals surface area contributed by atoms with Gasteiger partial charge in [-0.15, -0.1) is 0 Å². The smallest absolute Gasteiger partial charge is 0.339 e. The molecule has 0 bridgehead atoms. The molecule has 7 heteroatoms. The maximum absolute atomic E-state index is 12.8. The molecule has 0 saturated heterocycles. The largest absolute Gasteiger partial charge is 0.465 e. The predicted molar refractivity (Wildman–Crippen MR) is 101 cm³/mol. The first kappa shape index (κ1) is 18.4. The van der Waals surface area contributed by atoms with Crippen molar-refractivity contribution in [3.05, 3.63) is 83.0 Å². The number of carbonyl (C=O) groups excluding carboxylic acids is 2. The number of halogens is 1. The number of benzene rings is 2. The van der Waals surface area contributed by atoms with E-state index in [-0.39, 0.29) is 22.7 Å². The van der Waals surface area contributed by atoms with Crippen molar-refractivity contribution in [2.24, 2.45) is 0 Å². The summed E-state index contributed by atoms with van der Waals surface area (Å²) in [6.45, 7) is 0. The Morgan fingerprint density at radius 3 is 2.52 bits per heavy atom. The van der Waals surface area contributed by atoms with Crippen LogP contribution in [0.4, 0.5) is 5.69 Å². The number of aromatic nitrogens is 1. The third kappa shape index (κ3) is 4.43. The van der Waals surface area contributed by atoms with Crippen LogP contribution in [0, 0.1) is 0 Å². The molecule has 0 aliphatic rings. The highest BCUT2D eigenvalue weighted by molar-refractivity contribution is 6.31. The van der Waals surface area contributed by atoms with E-state index in [0.717, 1.165) is 0 Å². The zero-order valence-electron chi connectivity index (χ0n) is 14.3. The highest BCUT2D eigenvalue weighted by Gasteiger charge is 2.19. The molecule has 0 radical (unpaired) electrons. The third-order valence-electron chi connectivity index (χ3n) is 3.61. The number of carbonyl (C=O) groups is 2. The molecular weight excluding hydrogens is 368 g/mol. The topological polar surface area (TPSA) is 77.5 Å². The molecule has 2 aromatic carbocycles. The second-order valence-corrected chi connectivity index (χ2v) is 5.84. The molecule has 0 spiro atoms. The molecule has 0 saturated carbocycles. The monoisotopic (exact) mass is 382 g/mol. The number of hydrogen-bond donors (Lipinski definition) is 1. The normalized spacial score (nSPS) is 10.1. The van der Waals surface area contributed by atoms with E-state index < -0.39 is 11.9 Å². The molecule has 1 aromatic heterocycles. The number of hydrogen-bond acceptors (Lipinski definition) is 5. The molecule has 0 atom stereocenters. The zero-order chi connectivity index (χ0) is 19.2. The van der Waals surface area contributed by atoms with Crippen molar-refractivity contribution in [3.8, 4) is 11.6 Å². The van der Waals surface area contributed by atoms with Gasteiger partial charge in [0.1, 0.15) is 11.3 Å². The zero-order valence-corrected chi connectivity index (χ0v) is 15.1. The number of esters is 1. The fourth-order valence-corrected chi connectivity index (χ4v) is 2.51. The number of nitrogens with zero attached hydrogens (tertiary/aromatic N) is 1. The number of para-hydroxylation sites is 1. The maximum atomic E-state index is 12.8. The number of ether oxygens (including phenoxy) is 2. The summed E-state index contributed by atoms with van der Waals surface area (Å²) >= 11 is 5.99. The molecule has 136 valence electrons. The standard InChI is InChI=1S/C20H15ClN2O4/c1-26-20(25)15-10-9-13(21)12-17(15)23-18(24)16-8-5-11-22-19(16)27-14-6-3-2-4-7-14/h2-12H,1H3,(H,23,24). The molecule has 27 heavy (non-hydrogen) atoms. The quantitative estimate of drug-likeness (QED) is 0.654. The average molecular weight is 383 g/mol. The minimum absolute atomic E-state index is 0.142. The molecule has 3 aromatic rings. The van der Waals surface area contributed by atoms with Gasteiger partial charge < -0.3 is 14.8 Å². The van der Waals surface area contributed by atoms with Crippen LogP contribution in [-0.2, 0) is 4.74 Å². The van der Waals surface area contributed by atoms with Gasteiger partial charge in [0, 0.05) is 11.2 Å². The maximum Gasteiger partial charge on any atom is 0.339 e. The van der Waals surface area contributed by atoms with Gasteiger partial charge in [0.2, 0.25) is 5.88 Å². The third-order valence-corrected chi connectivity index (χ3v) is 3.84. The fraction of sp³-hybridized carbons (Fsp3) is 0.0500. The molecule has 6 nitrogen and oxygen atoms in total. The van der Waals surface area contributed by atoms with E-state index in [1.165, 1.54) is 31.5 Å². The Kier molecular flexibility index (Phi) is 5.68. The first-order valence-electron chi connectivity index (χ1n) is 7.95. The van der Waals surface area contributed by atoms with Crippen molar-refractivity contribution in [2.45, 2.75) is 0 Å². The fourth-order valence-electron chi connectivity index (χ4n) is 2.34. The van der Waals surface area contributed by atoms with Crippen LogP contribution in [0.2, 0.25) is 5.02 Å². The highest BCUT2D eigenvalue weighted by atomic mass is 35.5. The van der Waals surface area contributed by atoms with Crippen LogP contribution in [0.1, 0.15) is 20.7 Å². The summed E-state index contributed by atoms with van der Waals surface area (Å²) in [6.07, 6.45) is 1.52. The van der Waals surface area contributed by atoms with Gasteiger partial charge in [-0.1, -0.05) is 29.8 Å². The van der Waals surface area contributed by atoms with Gasteiger partial charge in [-0.2, -0.15) is 0 Å². The molecular formula is C20H15ClN2O4. The minimum Gasteiger partial charge on any atom is -0.465 e. The minimum atomic E-state index is -0.589. The van der Waals surface area contributed by atoms with Crippen molar-refractivity contribution in [1.29, 1.82) is 0 Å². The number of methoxy groups -OCH3 is 1. The summed E-state index contributed by atoms with van der Waals surface area (Å²) in [4.78, 5) is 28.8. The lowest BCUT2D eigenvalue weighted by Gasteiger charge is -2.12. The molecule has 3 rings (SSSR count). The Morgan fingerprint density at radius 1 is 1.00 bits per heavy atom. The van der Waals surface area contributed by atoms with Gasteiger partial charge in [-0.25, -0.2) is 9.78 Å². The van der Waals surface area contributed by atoms with Crippen LogP contribution in [0.5, 0.6) is 11.6 Å². The van der Waals surface area contributed by atoms with Gasteiger partial charge in [0.15, 0.2) is 0 Å². The van der Waals surface area contributed by atoms with Crippen LogP contribution in [0.3, 0.4) is 0 Å². The number of rotatable bonds is 5. The molecule has 1 heterocycles. The summed E-state index contributed by atoms with van der Waals surface area (Å²) in [5.41, 5.74) is 0.621. The van der Waals surface area contributed by atoms with Crippen LogP contribution in [0.15, 0.2) is 66.9 Å². The molecule has 1 amide bonds. The van der Waals surface area contributed by atoms with E-state index in [1.807, 2.05) is 18.2 Å². The Labute approximate surface area is 160 Å². The van der Waals surface area contributed by atoms with Crippen LogP contribution >= 0.6 is 11.6 Å². The summed E-state index contributed by atoms with van der Waals surface area (Å²) < 4.78 is 10.4. The van der Waals surface area contributed by atoms with Gasteiger partial charge in [-0.05, 0) is 42.5 Å². The first-order chi connectivity index (χ1) is 13.1. The van der Waals surface area contributed by atoms with Gasteiger partial charge in [0.25, 0.3) is 5.91 Å². The van der Waals surface area contributed by atoms with E-state index in [2.05, 4.69) is 10.3 Å². The van der Waals surface area contributed by atoms with Crippen LogP contribution in [0.25, 0.3) is 0 Å². The van der Waals surface area contributed by atoms with Crippen LogP contribution in [-0.4, -0.2) is 24.0 Å². The summed E-state index contributed by atoms with van der Waals surface area (Å²) in [6, 6.07) is 16.7. The summed E-state index contributed by atoms with van der Waals surface area (Å²) in [7, 11) is 1.26. The van der Waals surface area contributed by atoms with Crippen molar-refractivity contribution >= 4 is 29.2 Å². The molecule has 0 aliphatic heterocycles. The van der Waals surface area contributed by atoms with Gasteiger partial charge in [-0.3, -0.25) is 4.79 Å². The Morgan fingerprint density at radius 2 is 1.78 bits per heavy atom. The van der Waals surface area contributed by atoms with E-state index in [0.29, 0.717) is 10.8 Å². The van der Waals surface area contributed by atoms with E-state index in [1.54, 1.807) is 24.3 Å². The van der Waals surface area contributed by atoms with Gasteiger partial charge in [0.05, 0.1) is 18.4 Å². The van der Waals surface area contributed by atoms with Crippen molar-refractivity contribution in [2.75, 3.05) is 12.4 Å². The lowest BCUT2D eigenvalue weighted by molar-refractivity contribution is 0.0602. The molecule has 0 unspecified atom stereocenters. The van der Waals surface area contributed by atoms with E-state index in [9.17, 15) is 9.59 Å².